The largest absolute Gasteiger partial charge is 0.437 e. The summed E-state index contributed by atoms with van der Waals surface area (Å²) < 4.78 is 0. The Bertz CT molecular complexity index is 367. The fourth-order valence-electron chi connectivity index (χ4n) is 2.17. The third kappa shape index (κ3) is 2.34. The summed E-state index contributed by atoms with van der Waals surface area (Å²) in [4.78, 5) is 13.8. The Hall–Kier alpha value is -1.13. The Morgan fingerprint density at radius 2 is 2.06 bits per heavy atom. The topological polar surface area (TPSA) is 40.5 Å². The van der Waals surface area contributed by atoms with Gasteiger partial charge in [0.2, 0.25) is 0 Å². The van der Waals surface area contributed by atoms with E-state index in [1.54, 1.807) is 6.82 Å². The maximum Gasteiger partial charge on any atom is 0.376 e. The molecule has 1 heterocycles. The molecule has 1 aromatic carbocycles. The van der Waals surface area contributed by atoms with Crippen molar-refractivity contribution < 1.29 is 9.82 Å². The molecule has 16 heavy (non-hydrogen) atoms. The summed E-state index contributed by atoms with van der Waals surface area (Å²) in [6.07, 6.45) is 0.532. The summed E-state index contributed by atoms with van der Waals surface area (Å²) in [5, 5.41) is 9.54. The van der Waals surface area contributed by atoms with Crippen molar-refractivity contribution >= 4 is 12.8 Å². The van der Waals surface area contributed by atoms with Crippen LogP contribution >= 0.6 is 0 Å². The molecule has 0 aliphatic carbocycles. The van der Waals surface area contributed by atoms with Gasteiger partial charge in [-0.25, -0.2) is 0 Å². The zero-order valence-electron chi connectivity index (χ0n) is 9.47. The van der Waals surface area contributed by atoms with Crippen molar-refractivity contribution in [3.8, 4) is 0 Å². The van der Waals surface area contributed by atoms with Crippen LogP contribution in [0.25, 0.3) is 0 Å². The van der Waals surface area contributed by atoms with E-state index < -0.39 is 7.05 Å². The van der Waals surface area contributed by atoms with Crippen LogP contribution in [-0.4, -0.2) is 35.8 Å². The van der Waals surface area contributed by atoms with Crippen LogP contribution in [0.5, 0.6) is 0 Å². The minimum Gasteiger partial charge on any atom is -0.437 e. The summed E-state index contributed by atoms with van der Waals surface area (Å²) in [5.74, 6) is 0.202. The van der Waals surface area contributed by atoms with Gasteiger partial charge in [-0.2, -0.15) is 0 Å². The zero-order chi connectivity index (χ0) is 11.5. The van der Waals surface area contributed by atoms with Crippen molar-refractivity contribution in [1.82, 2.24) is 4.81 Å². The lowest BCUT2D eigenvalue weighted by Crippen LogP contribution is -2.46. The lowest BCUT2D eigenvalue weighted by Gasteiger charge is -2.32. The van der Waals surface area contributed by atoms with Crippen molar-refractivity contribution in [2.75, 3.05) is 13.1 Å². The third-order valence-corrected chi connectivity index (χ3v) is 3.18. The summed E-state index contributed by atoms with van der Waals surface area (Å²) in [7, 11) is -0.473. The molecule has 1 saturated heterocycles. The number of nitrogens with zero attached hydrogens (tertiary/aromatic N) is 1. The van der Waals surface area contributed by atoms with Gasteiger partial charge in [0.05, 0.1) is 5.92 Å². The summed E-state index contributed by atoms with van der Waals surface area (Å²) in [5.41, 5.74) is 1.05. The average molecular weight is 217 g/mol. The molecule has 0 bridgehead atoms. The summed E-state index contributed by atoms with van der Waals surface area (Å²) in [6, 6.07) is 9.80. The maximum atomic E-state index is 11.9. The number of carbonyl (C=O) groups excluding carboxylic acids is 1. The van der Waals surface area contributed by atoms with Gasteiger partial charge in [-0.05, 0) is 18.9 Å². The first kappa shape index (κ1) is 11.4. The average Bonchev–Trinajstić information content (AvgIpc) is 2.30. The van der Waals surface area contributed by atoms with Crippen LogP contribution < -0.4 is 0 Å². The molecule has 1 aliphatic heterocycles. The molecule has 0 radical (unpaired) electrons. The van der Waals surface area contributed by atoms with Crippen LogP contribution in [0, 0.1) is 0 Å². The van der Waals surface area contributed by atoms with Gasteiger partial charge in [-0.3, -0.25) is 4.79 Å². The van der Waals surface area contributed by atoms with E-state index in [1.165, 1.54) is 0 Å². The highest BCUT2D eigenvalue weighted by Crippen LogP contribution is 2.24. The van der Waals surface area contributed by atoms with Crippen LogP contribution in [-0.2, 0) is 4.79 Å². The summed E-state index contributed by atoms with van der Waals surface area (Å²) in [6.45, 7) is 3.04. The second-order valence-corrected chi connectivity index (χ2v) is 4.31. The molecule has 1 atom stereocenters. The van der Waals surface area contributed by atoms with Gasteiger partial charge in [0.1, 0.15) is 5.78 Å². The fraction of sp³-hybridized carbons (Fsp3) is 0.417. The van der Waals surface area contributed by atoms with Crippen LogP contribution in [0.4, 0.5) is 0 Å². The van der Waals surface area contributed by atoms with Crippen LogP contribution in [0.2, 0.25) is 6.82 Å². The number of rotatable bonds is 2. The van der Waals surface area contributed by atoms with Gasteiger partial charge < -0.3 is 9.83 Å². The van der Waals surface area contributed by atoms with Crippen molar-refractivity contribution in [3.05, 3.63) is 35.9 Å². The molecular formula is C12H16BNO2. The molecular weight excluding hydrogens is 201 g/mol. The number of hydrogen-bond donors (Lipinski definition) is 1. The van der Waals surface area contributed by atoms with Crippen molar-refractivity contribution in [3.63, 3.8) is 0 Å². The Kier molecular flexibility index (Phi) is 3.41. The molecule has 1 aromatic rings. The van der Waals surface area contributed by atoms with Gasteiger partial charge >= 0.3 is 7.05 Å². The van der Waals surface area contributed by atoms with Gasteiger partial charge in [0.25, 0.3) is 0 Å². The Morgan fingerprint density at radius 3 is 2.69 bits per heavy atom. The minimum absolute atomic E-state index is 0.0791. The van der Waals surface area contributed by atoms with Crippen molar-refractivity contribution in [2.24, 2.45) is 0 Å². The van der Waals surface area contributed by atoms with E-state index in [0.717, 1.165) is 5.56 Å². The smallest absolute Gasteiger partial charge is 0.376 e. The lowest BCUT2D eigenvalue weighted by atomic mass is 9.79. The molecule has 3 nitrogen and oxygen atoms in total. The van der Waals surface area contributed by atoms with E-state index in [0.29, 0.717) is 19.5 Å². The third-order valence-electron chi connectivity index (χ3n) is 3.18. The van der Waals surface area contributed by atoms with E-state index in [1.807, 2.05) is 35.1 Å². The number of Topliss-reactive ketones (excluding diaryl/α,β-unsaturated/α-hetero) is 1. The molecule has 1 fully saturated rings. The van der Waals surface area contributed by atoms with Crippen molar-refractivity contribution in [1.29, 1.82) is 0 Å². The maximum absolute atomic E-state index is 11.9. The molecule has 0 spiro atoms. The summed E-state index contributed by atoms with van der Waals surface area (Å²) >= 11 is 0. The Balaban J connectivity index is 2.16. The quantitative estimate of drug-likeness (QED) is 0.755. The normalized spacial score (nSPS) is 22.1. The second-order valence-electron chi connectivity index (χ2n) is 4.31. The number of hydrogen-bond acceptors (Lipinski definition) is 3. The number of ketones is 1. The Morgan fingerprint density at radius 1 is 1.38 bits per heavy atom. The van der Waals surface area contributed by atoms with Gasteiger partial charge in [0, 0.05) is 13.0 Å². The zero-order valence-corrected chi connectivity index (χ0v) is 9.47. The predicted octanol–water partition coefficient (Wildman–Crippen LogP) is 1.16. The van der Waals surface area contributed by atoms with E-state index in [9.17, 15) is 9.82 Å². The van der Waals surface area contributed by atoms with E-state index >= 15 is 0 Å². The molecule has 1 unspecified atom stereocenters. The molecule has 0 amide bonds. The number of carbonyl (C=O) groups is 1. The van der Waals surface area contributed by atoms with Gasteiger partial charge in [-0.1, -0.05) is 30.3 Å². The van der Waals surface area contributed by atoms with Crippen molar-refractivity contribution in [2.45, 2.75) is 19.2 Å². The highest BCUT2D eigenvalue weighted by molar-refractivity contribution is 6.45. The molecule has 0 saturated carbocycles. The molecule has 4 heteroatoms. The molecule has 2 rings (SSSR count). The van der Waals surface area contributed by atoms with Gasteiger partial charge in [-0.15, -0.1) is 0 Å². The van der Waals surface area contributed by atoms with Crippen LogP contribution in [0.3, 0.4) is 0 Å². The molecule has 84 valence electrons. The van der Waals surface area contributed by atoms with E-state index in [2.05, 4.69) is 0 Å². The fourth-order valence-corrected chi connectivity index (χ4v) is 2.17. The first-order valence-corrected chi connectivity index (χ1v) is 5.68. The van der Waals surface area contributed by atoms with Crippen LogP contribution in [0.1, 0.15) is 17.9 Å². The van der Waals surface area contributed by atoms with E-state index in [-0.39, 0.29) is 11.7 Å². The highest BCUT2D eigenvalue weighted by Gasteiger charge is 2.31. The number of piperidine rings is 1. The monoisotopic (exact) mass is 217 g/mol. The molecule has 1 N–H and O–H groups in total. The van der Waals surface area contributed by atoms with Crippen LogP contribution in [0.15, 0.2) is 30.3 Å². The minimum atomic E-state index is -0.473. The van der Waals surface area contributed by atoms with E-state index in [4.69, 9.17) is 0 Å². The standard InChI is InChI=1S/C12H16BNO2/c1-13(16)14-8-7-12(15)11(9-14)10-5-3-2-4-6-10/h2-6,11,16H,7-9H2,1H3. The first-order valence-electron chi connectivity index (χ1n) is 5.68. The lowest BCUT2D eigenvalue weighted by molar-refractivity contribution is -0.122. The number of benzene rings is 1. The highest BCUT2D eigenvalue weighted by atomic mass is 16.2. The Labute approximate surface area is 96.2 Å². The molecule has 0 aromatic heterocycles. The SMILES string of the molecule is CB(O)N1CCC(=O)C(c2ccccc2)C1. The van der Waals surface area contributed by atoms with Gasteiger partial charge in [0.15, 0.2) is 0 Å². The second kappa shape index (κ2) is 4.81. The molecule has 1 aliphatic rings. The predicted molar refractivity (Wildman–Crippen MR) is 64.2 cm³/mol. The first-order chi connectivity index (χ1) is 7.68.